The minimum Gasteiger partial charge on any atom is -0.478 e. The molecule has 112 valence electrons. The van der Waals surface area contributed by atoms with Crippen LogP contribution < -0.4 is 4.72 Å². The number of benzene rings is 1. The summed E-state index contributed by atoms with van der Waals surface area (Å²) in [4.78, 5) is 11.2. The fraction of sp³-hybridized carbons (Fsp3) is 0.231. The summed E-state index contributed by atoms with van der Waals surface area (Å²) in [7, 11) is -3.87. The Bertz CT molecular complexity index is 780. The molecule has 8 heteroatoms. The molecule has 0 saturated carbocycles. The van der Waals surface area contributed by atoms with E-state index in [-0.39, 0.29) is 16.1 Å². The quantitative estimate of drug-likeness (QED) is 0.875. The Morgan fingerprint density at radius 2 is 2.14 bits per heavy atom. The van der Waals surface area contributed by atoms with Gasteiger partial charge >= 0.3 is 5.97 Å². The minimum absolute atomic E-state index is 0.0127. The van der Waals surface area contributed by atoms with Gasteiger partial charge < -0.3 is 5.11 Å². The zero-order valence-electron chi connectivity index (χ0n) is 11.6. The molecular formula is C13H15N3O4S. The summed E-state index contributed by atoms with van der Waals surface area (Å²) in [5, 5.41) is 13.0. The summed E-state index contributed by atoms with van der Waals surface area (Å²) in [6.45, 7) is 4.11. The van der Waals surface area contributed by atoms with Crippen LogP contribution in [0.15, 0.2) is 35.5 Å². The number of rotatable bonds is 5. The van der Waals surface area contributed by atoms with Crippen LogP contribution in [0.4, 0.5) is 5.69 Å². The molecule has 2 aromatic rings. The molecule has 21 heavy (non-hydrogen) atoms. The Balaban J connectivity index is 2.39. The number of carbonyl (C=O) groups is 1. The van der Waals surface area contributed by atoms with E-state index in [9.17, 15) is 13.2 Å². The number of aromatic nitrogens is 2. The second-order valence-electron chi connectivity index (χ2n) is 4.49. The summed E-state index contributed by atoms with van der Waals surface area (Å²) in [6, 6.07) is 4.48. The van der Waals surface area contributed by atoms with Crippen LogP contribution in [0.1, 0.15) is 22.8 Å². The Morgan fingerprint density at radius 3 is 2.71 bits per heavy atom. The van der Waals surface area contributed by atoms with Crippen molar-refractivity contribution in [2.75, 3.05) is 4.72 Å². The molecule has 2 rings (SSSR count). The first-order valence-corrected chi connectivity index (χ1v) is 7.71. The van der Waals surface area contributed by atoms with Gasteiger partial charge in [-0.1, -0.05) is 11.6 Å². The topological polar surface area (TPSA) is 101 Å². The summed E-state index contributed by atoms with van der Waals surface area (Å²) >= 11 is 0. The third-order valence-electron chi connectivity index (χ3n) is 2.89. The van der Waals surface area contributed by atoms with Gasteiger partial charge in [-0.25, -0.2) is 13.2 Å². The zero-order valence-corrected chi connectivity index (χ0v) is 12.4. The van der Waals surface area contributed by atoms with Gasteiger partial charge in [0.2, 0.25) is 0 Å². The Morgan fingerprint density at radius 1 is 1.43 bits per heavy atom. The van der Waals surface area contributed by atoms with Crippen molar-refractivity contribution in [3.8, 4) is 0 Å². The summed E-state index contributed by atoms with van der Waals surface area (Å²) in [5.41, 5.74) is 0.660. The molecule has 0 fully saturated rings. The second kappa shape index (κ2) is 5.57. The van der Waals surface area contributed by atoms with Gasteiger partial charge in [0.15, 0.2) is 0 Å². The Labute approximate surface area is 122 Å². The fourth-order valence-corrected chi connectivity index (χ4v) is 2.82. The molecule has 7 nitrogen and oxygen atoms in total. The first kappa shape index (κ1) is 15.0. The molecular weight excluding hydrogens is 294 g/mol. The maximum absolute atomic E-state index is 12.2. The van der Waals surface area contributed by atoms with Gasteiger partial charge in [0.25, 0.3) is 10.0 Å². The third-order valence-corrected chi connectivity index (χ3v) is 4.21. The predicted molar refractivity (Wildman–Crippen MR) is 76.8 cm³/mol. The van der Waals surface area contributed by atoms with Crippen molar-refractivity contribution in [2.24, 2.45) is 0 Å². The molecule has 0 atom stereocenters. The average molecular weight is 309 g/mol. The van der Waals surface area contributed by atoms with Gasteiger partial charge in [-0.15, -0.1) is 0 Å². The van der Waals surface area contributed by atoms with Crippen molar-refractivity contribution in [3.63, 3.8) is 0 Å². The third kappa shape index (κ3) is 3.22. The van der Waals surface area contributed by atoms with E-state index in [1.54, 1.807) is 13.0 Å². The smallest absolute Gasteiger partial charge is 0.337 e. The molecule has 0 saturated heterocycles. The highest BCUT2D eigenvalue weighted by Crippen LogP contribution is 2.21. The van der Waals surface area contributed by atoms with Crippen LogP contribution in [-0.2, 0) is 16.6 Å². The number of nitrogens with one attached hydrogen (secondary N) is 1. The molecule has 0 amide bonds. The fourth-order valence-electron chi connectivity index (χ4n) is 1.78. The highest BCUT2D eigenvalue weighted by atomic mass is 32.2. The lowest BCUT2D eigenvalue weighted by atomic mass is 10.1. The minimum atomic E-state index is -3.87. The molecule has 1 aromatic heterocycles. The Kier molecular flexibility index (Phi) is 3.99. The number of carboxylic acid groups (broad SMARTS) is 1. The standard InChI is InChI=1S/C13H15N3O4S/c1-3-16-8-10(7-14-16)21(19,20)15-12-5-4-9(2)6-11(12)13(17)18/h4-8,15H,3H2,1-2H3,(H,17,18). The van der Waals surface area contributed by atoms with Gasteiger partial charge in [-0.2, -0.15) is 5.10 Å². The molecule has 0 aliphatic carbocycles. The van der Waals surface area contributed by atoms with E-state index in [4.69, 9.17) is 5.11 Å². The van der Waals surface area contributed by atoms with Crippen LogP contribution in [0.3, 0.4) is 0 Å². The van der Waals surface area contributed by atoms with Crippen LogP contribution in [0.5, 0.6) is 0 Å². The number of hydrogen-bond donors (Lipinski definition) is 2. The molecule has 1 aromatic carbocycles. The molecule has 0 bridgehead atoms. The Hall–Kier alpha value is -2.35. The highest BCUT2D eigenvalue weighted by molar-refractivity contribution is 7.92. The van der Waals surface area contributed by atoms with Crippen molar-refractivity contribution < 1.29 is 18.3 Å². The molecule has 1 heterocycles. The van der Waals surface area contributed by atoms with Crippen LogP contribution >= 0.6 is 0 Å². The lowest BCUT2D eigenvalue weighted by Gasteiger charge is -2.10. The van der Waals surface area contributed by atoms with E-state index in [1.807, 2.05) is 6.92 Å². The number of anilines is 1. The van der Waals surface area contributed by atoms with E-state index in [1.165, 1.54) is 29.2 Å². The van der Waals surface area contributed by atoms with Crippen LogP contribution in [0.25, 0.3) is 0 Å². The second-order valence-corrected chi connectivity index (χ2v) is 6.17. The SMILES string of the molecule is CCn1cc(S(=O)(=O)Nc2ccc(C)cc2C(=O)O)cn1. The lowest BCUT2D eigenvalue weighted by molar-refractivity contribution is 0.0698. The highest BCUT2D eigenvalue weighted by Gasteiger charge is 2.20. The summed E-state index contributed by atoms with van der Waals surface area (Å²) in [6.07, 6.45) is 2.61. The van der Waals surface area contributed by atoms with Crippen LogP contribution in [0, 0.1) is 6.92 Å². The molecule has 0 radical (unpaired) electrons. The summed E-state index contributed by atoms with van der Waals surface area (Å²) < 4.78 is 28.2. The van der Waals surface area contributed by atoms with Crippen molar-refractivity contribution in [1.82, 2.24) is 9.78 Å². The van der Waals surface area contributed by atoms with Crippen molar-refractivity contribution in [2.45, 2.75) is 25.3 Å². The number of aromatic carboxylic acids is 1. The molecule has 2 N–H and O–H groups in total. The van der Waals surface area contributed by atoms with E-state index >= 15 is 0 Å². The molecule has 0 unspecified atom stereocenters. The van der Waals surface area contributed by atoms with E-state index in [0.717, 1.165) is 5.56 Å². The number of aryl methyl sites for hydroxylation is 2. The van der Waals surface area contributed by atoms with Crippen LogP contribution in [-0.4, -0.2) is 29.3 Å². The van der Waals surface area contributed by atoms with Gasteiger partial charge in [0, 0.05) is 12.7 Å². The monoisotopic (exact) mass is 309 g/mol. The molecule has 0 aliphatic rings. The van der Waals surface area contributed by atoms with Gasteiger partial charge in [-0.05, 0) is 26.0 Å². The largest absolute Gasteiger partial charge is 0.478 e. The maximum Gasteiger partial charge on any atom is 0.337 e. The van der Waals surface area contributed by atoms with Gasteiger partial charge in [0.1, 0.15) is 4.90 Å². The zero-order chi connectivity index (χ0) is 15.6. The van der Waals surface area contributed by atoms with Crippen LogP contribution in [0.2, 0.25) is 0 Å². The van der Waals surface area contributed by atoms with E-state index < -0.39 is 16.0 Å². The van der Waals surface area contributed by atoms with Crippen molar-refractivity contribution in [3.05, 3.63) is 41.7 Å². The van der Waals surface area contributed by atoms with E-state index in [0.29, 0.717) is 6.54 Å². The molecule has 0 spiro atoms. The lowest BCUT2D eigenvalue weighted by Crippen LogP contribution is -2.15. The van der Waals surface area contributed by atoms with Crippen molar-refractivity contribution in [1.29, 1.82) is 0 Å². The number of sulfonamides is 1. The number of carboxylic acids is 1. The number of hydrogen-bond acceptors (Lipinski definition) is 4. The summed E-state index contributed by atoms with van der Waals surface area (Å²) in [5.74, 6) is -1.19. The maximum atomic E-state index is 12.2. The van der Waals surface area contributed by atoms with Crippen molar-refractivity contribution >= 4 is 21.7 Å². The van der Waals surface area contributed by atoms with E-state index in [2.05, 4.69) is 9.82 Å². The average Bonchev–Trinajstić information content (AvgIpc) is 2.90. The van der Waals surface area contributed by atoms with Gasteiger partial charge in [-0.3, -0.25) is 9.40 Å². The number of nitrogens with zero attached hydrogens (tertiary/aromatic N) is 2. The normalized spacial score (nSPS) is 11.3. The predicted octanol–water partition coefficient (Wildman–Crippen LogP) is 1.71. The molecule has 0 aliphatic heterocycles. The first-order chi connectivity index (χ1) is 9.83. The van der Waals surface area contributed by atoms with Gasteiger partial charge in [0.05, 0.1) is 17.4 Å². The first-order valence-electron chi connectivity index (χ1n) is 6.22.